The molecule has 0 fully saturated rings. The first-order chi connectivity index (χ1) is 17.3. The molecule has 0 bridgehead atoms. The predicted molar refractivity (Wildman–Crippen MR) is 135 cm³/mol. The van der Waals surface area contributed by atoms with Gasteiger partial charge in [0.25, 0.3) is 0 Å². The smallest absolute Gasteiger partial charge is 0.338 e. The Labute approximate surface area is 210 Å². The van der Waals surface area contributed by atoms with Crippen LogP contribution in [0.25, 0.3) is 0 Å². The Hall–Kier alpha value is -3.60. The SMILES string of the molecule is CCc1cccc(CNC[C@@H](OC(=O)c2cccc(C(C)C#N)c2)[C@@H](N)Cc2cc(F)cc(F)c2)c1. The molecule has 0 radical (unpaired) electrons. The summed E-state index contributed by atoms with van der Waals surface area (Å²) in [5.74, 6) is -2.34. The van der Waals surface area contributed by atoms with Crippen molar-refractivity contribution in [3.63, 3.8) is 0 Å². The number of nitrogens with zero attached hydrogens (tertiary/aromatic N) is 1. The molecule has 0 aliphatic rings. The van der Waals surface area contributed by atoms with Gasteiger partial charge in [0.1, 0.15) is 17.7 Å². The van der Waals surface area contributed by atoms with Gasteiger partial charge in [-0.1, -0.05) is 43.3 Å². The minimum Gasteiger partial charge on any atom is -0.456 e. The number of hydrogen-bond acceptors (Lipinski definition) is 5. The molecule has 3 atom stereocenters. The summed E-state index contributed by atoms with van der Waals surface area (Å²) in [5, 5.41) is 12.5. The van der Waals surface area contributed by atoms with Crippen LogP contribution in [-0.4, -0.2) is 24.7 Å². The maximum atomic E-state index is 13.7. The summed E-state index contributed by atoms with van der Waals surface area (Å²) >= 11 is 0. The van der Waals surface area contributed by atoms with E-state index < -0.39 is 29.7 Å². The van der Waals surface area contributed by atoms with Crippen molar-refractivity contribution in [2.45, 2.75) is 51.3 Å². The molecule has 0 heterocycles. The third-order valence-electron chi connectivity index (χ3n) is 6.02. The van der Waals surface area contributed by atoms with E-state index in [0.717, 1.165) is 18.1 Å². The lowest BCUT2D eigenvalue weighted by Gasteiger charge is -2.25. The molecule has 0 aliphatic carbocycles. The standard InChI is InChI=1S/C29H31F2N3O2/c1-3-20-6-4-7-21(10-20)17-34-18-28(27(33)13-22-11-25(30)15-26(31)12-22)36-29(35)24-9-5-8-23(14-24)19(2)16-32/h4-12,14-15,19,27-28,34H,3,13,17-18,33H2,1-2H3/t19?,27-,28+/m0/s1. The lowest BCUT2D eigenvalue weighted by atomic mass is 10.00. The molecule has 0 aliphatic heterocycles. The predicted octanol–water partition coefficient (Wildman–Crippen LogP) is 5.04. The highest BCUT2D eigenvalue weighted by atomic mass is 19.1. The summed E-state index contributed by atoms with van der Waals surface area (Å²) in [6, 6.07) is 19.6. The van der Waals surface area contributed by atoms with E-state index in [-0.39, 0.29) is 18.9 Å². The summed E-state index contributed by atoms with van der Waals surface area (Å²) in [7, 11) is 0. The number of hydrogen-bond donors (Lipinski definition) is 2. The molecule has 3 rings (SSSR count). The molecule has 36 heavy (non-hydrogen) atoms. The maximum absolute atomic E-state index is 13.7. The fourth-order valence-corrected chi connectivity index (χ4v) is 3.95. The number of nitriles is 1. The van der Waals surface area contributed by atoms with Gasteiger partial charge in [-0.25, -0.2) is 13.6 Å². The molecule has 0 amide bonds. The fraction of sp³-hybridized carbons (Fsp3) is 0.310. The Morgan fingerprint density at radius 1 is 1.03 bits per heavy atom. The van der Waals surface area contributed by atoms with Crippen LogP contribution in [0.2, 0.25) is 0 Å². The van der Waals surface area contributed by atoms with Crippen molar-refractivity contribution in [1.82, 2.24) is 5.32 Å². The van der Waals surface area contributed by atoms with Gasteiger partial charge in [-0.3, -0.25) is 0 Å². The van der Waals surface area contributed by atoms with Gasteiger partial charge in [-0.15, -0.1) is 0 Å². The second-order valence-electron chi connectivity index (χ2n) is 8.87. The number of carbonyl (C=O) groups is 1. The van der Waals surface area contributed by atoms with Gasteiger partial charge in [0, 0.05) is 25.2 Å². The quantitative estimate of drug-likeness (QED) is 0.367. The summed E-state index contributed by atoms with van der Waals surface area (Å²) in [6.07, 6.45) is 0.271. The van der Waals surface area contributed by atoms with Crippen molar-refractivity contribution >= 4 is 5.97 Å². The molecule has 3 aromatic rings. The zero-order valence-electron chi connectivity index (χ0n) is 20.5. The van der Waals surface area contributed by atoms with Gasteiger partial charge in [0.05, 0.1) is 17.6 Å². The number of nitrogens with two attached hydrogens (primary N) is 1. The minimum atomic E-state index is -0.768. The van der Waals surface area contributed by atoms with Gasteiger partial charge in [-0.2, -0.15) is 5.26 Å². The average molecular weight is 492 g/mol. The van der Waals surface area contributed by atoms with Crippen LogP contribution in [0.1, 0.15) is 52.4 Å². The number of rotatable bonds is 11. The highest BCUT2D eigenvalue weighted by molar-refractivity contribution is 5.89. The van der Waals surface area contributed by atoms with Crippen molar-refractivity contribution in [2.24, 2.45) is 5.73 Å². The van der Waals surface area contributed by atoms with Crippen LogP contribution in [0.15, 0.2) is 66.7 Å². The van der Waals surface area contributed by atoms with E-state index in [9.17, 15) is 18.8 Å². The summed E-state index contributed by atoms with van der Waals surface area (Å²) in [4.78, 5) is 13.0. The number of nitrogens with one attached hydrogen (secondary N) is 1. The first-order valence-electron chi connectivity index (χ1n) is 12.0. The van der Waals surface area contributed by atoms with Crippen molar-refractivity contribution in [1.29, 1.82) is 5.26 Å². The van der Waals surface area contributed by atoms with Gasteiger partial charge in [-0.05, 0) is 66.3 Å². The molecule has 0 aromatic heterocycles. The minimum absolute atomic E-state index is 0.116. The molecule has 7 heteroatoms. The molecule has 0 saturated heterocycles. The highest BCUT2D eigenvalue weighted by Gasteiger charge is 2.24. The maximum Gasteiger partial charge on any atom is 0.338 e. The molecule has 0 saturated carbocycles. The van der Waals surface area contributed by atoms with Crippen molar-refractivity contribution in [3.8, 4) is 6.07 Å². The number of ether oxygens (including phenoxy) is 1. The third kappa shape index (κ3) is 7.70. The van der Waals surface area contributed by atoms with Gasteiger partial charge < -0.3 is 15.8 Å². The van der Waals surface area contributed by atoms with Crippen molar-refractivity contribution in [2.75, 3.05) is 6.54 Å². The molecule has 3 aromatic carbocycles. The van der Waals surface area contributed by atoms with Gasteiger partial charge in [0.15, 0.2) is 0 Å². The van der Waals surface area contributed by atoms with Crippen LogP contribution in [0.4, 0.5) is 8.78 Å². The number of esters is 1. The first-order valence-corrected chi connectivity index (χ1v) is 12.0. The van der Waals surface area contributed by atoms with Crippen LogP contribution >= 0.6 is 0 Å². The summed E-state index contributed by atoms with van der Waals surface area (Å²) < 4.78 is 33.2. The van der Waals surface area contributed by atoms with E-state index in [0.29, 0.717) is 23.2 Å². The third-order valence-corrected chi connectivity index (χ3v) is 6.02. The molecule has 188 valence electrons. The number of aryl methyl sites for hydroxylation is 1. The molecule has 0 spiro atoms. The second kappa shape index (κ2) is 12.9. The molecule has 5 nitrogen and oxygen atoms in total. The van der Waals surface area contributed by atoms with E-state index in [4.69, 9.17) is 10.5 Å². The van der Waals surface area contributed by atoms with E-state index in [1.54, 1.807) is 31.2 Å². The summed E-state index contributed by atoms with van der Waals surface area (Å²) in [5.41, 5.74) is 10.1. The largest absolute Gasteiger partial charge is 0.456 e. The number of benzene rings is 3. The van der Waals surface area contributed by atoms with Crippen LogP contribution in [0, 0.1) is 23.0 Å². The van der Waals surface area contributed by atoms with Crippen LogP contribution in [-0.2, 0) is 24.1 Å². The number of halogens is 2. The van der Waals surface area contributed by atoms with E-state index in [1.807, 2.05) is 12.1 Å². The topological polar surface area (TPSA) is 88.1 Å². The Balaban J connectivity index is 1.75. The van der Waals surface area contributed by atoms with Crippen molar-refractivity contribution in [3.05, 3.63) is 106 Å². The highest BCUT2D eigenvalue weighted by Crippen LogP contribution is 2.18. The van der Waals surface area contributed by atoms with Crippen LogP contribution in [0.3, 0.4) is 0 Å². The zero-order chi connectivity index (χ0) is 26.1. The lowest BCUT2D eigenvalue weighted by Crippen LogP contribution is -2.46. The normalized spacial score (nSPS) is 13.4. The lowest BCUT2D eigenvalue weighted by molar-refractivity contribution is 0.0238. The van der Waals surface area contributed by atoms with Gasteiger partial charge in [0.2, 0.25) is 0 Å². The summed E-state index contributed by atoms with van der Waals surface area (Å²) in [6.45, 7) is 4.62. The van der Waals surface area contributed by atoms with Crippen molar-refractivity contribution < 1.29 is 18.3 Å². The fourth-order valence-electron chi connectivity index (χ4n) is 3.95. The van der Waals surface area contributed by atoms with Crippen LogP contribution < -0.4 is 11.1 Å². The Bertz CT molecular complexity index is 1200. The Kier molecular flexibility index (Phi) is 9.69. The molecule has 3 N–H and O–H groups in total. The van der Waals surface area contributed by atoms with E-state index in [1.165, 1.54) is 17.7 Å². The second-order valence-corrected chi connectivity index (χ2v) is 8.87. The number of carbonyl (C=O) groups excluding carboxylic acids is 1. The van der Waals surface area contributed by atoms with Crippen LogP contribution in [0.5, 0.6) is 0 Å². The Morgan fingerprint density at radius 3 is 2.42 bits per heavy atom. The molecular weight excluding hydrogens is 460 g/mol. The molecule has 1 unspecified atom stereocenters. The monoisotopic (exact) mass is 491 g/mol. The van der Waals surface area contributed by atoms with Gasteiger partial charge >= 0.3 is 5.97 Å². The average Bonchev–Trinajstić information content (AvgIpc) is 2.87. The Morgan fingerprint density at radius 2 is 1.72 bits per heavy atom. The van der Waals surface area contributed by atoms with E-state index >= 15 is 0 Å². The van der Waals surface area contributed by atoms with E-state index in [2.05, 4.69) is 30.4 Å². The first kappa shape index (κ1) is 27.0. The molecular formula is C29H31F2N3O2. The zero-order valence-corrected chi connectivity index (χ0v) is 20.5.